The summed E-state index contributed by atoms with van der Waals surface area (Å²) in [5.41, 5.74) is 3.15. The number of hydrogen-bond donors (Lipinski definition) is 1. The minimum atomic E-state index is -3.61. The lowest BCUT2D eigenvalue weighted by atomic mass is 10.1. The second-order valence-electron chi connectivity index (χ2n) is 7.35. The van der Waals surface area contributed by atoms with Gasteiger partial charge in [-0.05, 0) is 74.2 Å². The summed E-state index contributed by atoms with van der Waals surface area (Å²) in [5, 5.41) is 2.80. The van der Waals surface area contributed by atoms with Crippen molar-refractivity contribution in [1.29, 1.82) is 0 Å². The lowest BCUT2D eigenvalue weighted by Crippen LogP contribution is -2.37. The quantitative estimate of drug-likeness (QED) is 0.675. The summed E-state index contributed by atoms with van der Waals surface area (Å²) in [6.07, 6.45) is 4.79. The summed E-state index contributed by atoms with van der Waals surface area (Å²) >= 11 is 3.41. The van der Waals surface area contributed by atoms with Crippen LogP contribution in [-0.2, 0) is 14.8 Å². The van der Waals surface area contributed by atoms with Crippen LogP contribution in [0.15, 0.2) is 46.9 Å². The average Bonchev–Trinajstić information content (AvgIpc) is 2.69. The topological polar surface area (TPSA) is 69.7 Å². The number of benzene rings is 2. The molecule has 2 aromatic rings. The van der Waals surface area contributed by atoms with Gasteiger partial charge < -0.3 is 10.2 Å². The van der Waals surface area contributed by atoms with Gasteiger partial charge in [-0.3, -0.25) is 9.10 Å². The zero-order chi connectivity index (χ0) is 21.0. The molecule has 1 aliphatic rings. The van der Waals surface area contributed by atoms with Crippen molar-refractivity contribution in [3.8, 4) is 0 Å². The highest BCUT2D eigenvalue weighted by atomic mass is 79.9. The molecule has 1 N–H and O–H groups in total. The van der Waals surface area contributed by atoms with Gasteiger partial charge in [0.1, 0.15) is 6.54 Å². The van der Waals surface area contributed by atoms with Crippen molar-refractivity contribution in [3.63, 3.8) is 0 Å². The Morgan fingerprint density at radius 1 is 1.10 bits per heavy atom. The fourth-order valence-corrected chi connectivity index (χ4v) is 4.52. The van der Waals surface area contributed by atoms with Gasteiger partial charge in [0, 0.05) is 28.9 Å². The van der Waals surface area contributed by atoms with E-state index in [1.54, 1.807) is 18.2 Å². The Bertz CT molecular complexity index is 971. The van der Waals surface area contributed by atoms with Crippen LogP contribution >= 0.6 is 15.9 Å². The van der Waals surface area contributed by atoms with E-state index in [2.05, 4.69) is 26.1 Å². The van der Waals surface area contributed by atoms with Crippen LogP contribution in [0, 0.1) is 6.92 Å². The average molecular weight is 480 g/mol. The molecule has 0 saturated carbocycles. The largest absolute Gasteiger partial charge is 0.372 e. The first-order chi connectivity index (χ1) is 13.7. The summed E-state index contributed by atoms with van der Waals surface area (Å²) in [7, 11) is -3.61. The highest BCUT2D eigenvalue weighted by Crippen LogP contribution is 2.25. The number of nitrogens with zero attached hydrogens (tertiary/aromatic N) is 2. The van der Waals surface area contributed by atoms with Gasteiger partial charge in [0.15, 0.2) is 0 Å². The van der Waals surface area contributed by atoms with Gasteiger partial charge in [-0.25, -0.2) is 8.42 Å². The Morgan fingerprint density at radius 3 is 2.34 bits per heavy atom. The van der Waals surface area contributed by atoms with E-state index >= 15 is 0 Å². The maximum absolute atomic E-state index is 12.5. The smallest absolute Gasteiger partial charge is 0.245 e. The highest BCUT2D eigenvalue weighted by molar-refractivity contribution is 9.10. The van der Waals surface area contributed by atoms with Gasteiger partial charge >= 0.3 is 0 Å². The van der Waals surface area contributed by atoms with E-state index in [-0.39, 0.29) is 12.5 Å². The molecule has 0 atom stereocenters. The third-order valence-corrected chi connectivity index (χ3v) is 7.02. The number of rotatable bonds is 6. The maximum atomic E-state index is 12.5. The first-order valence-corrected chi connectivity index (χ1v) is 12.3. The van der Waals surface area contributed by atoms with Crippen LogP contribution in [0.1, 0.15) is 24.8 Å². The van der Waals surface area contributed by atoms with Crippen LogP contribution in [0.25, 0.3) is 0 Å². The van der Waals surface area contributed by atoms with Gasteiger partial charge in [-0.2, -0.15) is 0 Å². The molecule has 0 unspecified atom stereocenters. The summed E-state index contributed by atoms with van der Waals surface area (Å²) in [6, 6.07) is 12.9. The van der Waals surface area contributed by atoms with Crippen LogP contribution in [-0.4, -0.2) is 40.2 Å². The zero-order valence-electron chi connectivity index (χ0n) is 16.7. The molecule has 6 nitrogen and oxygen atoms in total. The zero-order valence-corrected chi connectivity index (χ0v) is 19.1. The maximum Gasteiger partial charge on any atom is 0.245 e. The van der Waals surface area contributed by atoms with Crippen LogP contribution in [0.5, 0.6) is 0 Å². The summed E-state index contributed by atoms with van der Waals surface area (Å²) in [4.78, 5) is 14.9. The monoisotopic (exact) mass is 479 g/mol. The Morgan fingerprint density at radius 2 is 1.76 bits per heavy atom. The molecule has 29 heavy (non-hydrogen) atoms. The lowest BCUT2D eigenvalue weighted by Gasteiger charge is -2.29. The number of nitrogens with one attached hydrogen (secondary N) is 1. The number of piperidine rings is 1. The molecule has 1 amide bonds. The van der Waals surface area contributed by atoms with E-state index in [4.69, 9.17) is 0 Å². The molecule has 1 fully saturated rings. The molecule has 2 aromatic carbocycles. The Hall–Kier alpha value is -2.06. The molecule has 0 bridgehead atoms. The molecule has 0 aromatic heterocycles. The number of sulfonamides is 1. The van der Waals surface area contributed by atoms with Crippen molar-refractivity contribution in [1.82, 2.24) is 0 Å². The van der Waals surface area contributed by atoms with Gasteiger partial charge in [0.25, 0.3) is 0 Å². The number of aryl methyl sites for hydroxylation is 1. The number of hydrogen-bond acceptors (Lipinski definition) is 4. The van der Waals surface area contributed by atoms with Crippen molar-refractivity contribution in [2.45, 2.75) is 26.2 Å². The van der Waals surface area contributed by atoms with Crippen LogP contribution in [0.2, 0.25) is 0 Å². The van der Waals surface area contributed by atoms with Gasteiger partial charge in [-0.15, -0.1) is 0 Å². The van der Waals surface area contributed by atoms with E-state index in [1.807, 2.05) is 31.2 Å². The first kappa shape index (κ1) is 21.6. The van der Waals surface area contributed by atoms with Crippen molar-refractivity contribution < 1.29 is 13.2 Å². The molecule has 8 heteroatoms. The number of halogens is 1. The molecule has 3 rings (SSSR count). The van der Waals surface area contributed by atoms with E-state index in [0.717, 1.165) is 39.4 Å². The Balaban J connectivity index is 1.69. The molecule has 0 aliphatic carbocycles. The molecule has 0 radical (unpaired) electrons. The lowest BCUT2D eigenvalue weighted by molar-refractivity contribution is -0.114. The van der Waals surface area contributed by atoms with Crippen LogP contribution < -0.4 is 14.5 Å². The predicted molar refractivity (Wildman–Crippen MR) is 122 cm³/mol. The summed E-state index contributed by atoms with van der Waals surface area (Å²) in [6.45, 7) is 3.70. The fraction of sp³-hybridized carbons (Fsp3) is 0.381. The molecule has 1 aliphatic heterocycles. The molecular formula is C21H26BrN3O3S. The van der Waals surface area contributed by atoms with E-state index in [0.29, 0.717) is 11.4 Å². The number of amides is 1. The van der Waals surface area contributed by atoms with Crippen LogP contribution in [0.4, 0.5) is 17.1 Å². The standard InChI is InChI=1S/C21H26BrN3O3S/c1-16-14-19(10-11-20(16)22)25(29(2,27)28)15-21(26)23-17-6-8-18(9-7-17)24-12-4-3-5-13-24/h6-11,14H,3-5,12-13,15H2,1-2H3,(H,23,26). The van der Waals surface area contributed by atoms with Crippen LogP contribution in [0.3, 0.4) is 0 Å². The van der Waals surface area contributed by atoms with E-state index in [9.17, 15) is 13.2 Å². The van der Waals surface area contributed by atoms with Crippen molar-refractivity contribution in [2.24, 2.45) is 0 Å². The number of carbonyl (C=O) groups is 1. The van der Waals surface area contributed by atoms with Gasteiger partial charge in [-0.1, -0.05) is 15.9 Å². The van der Waals surface area contributed by atoms with E-state index < -0.39 is 10.0 Å². The normalized spacial score (nSPS) is 14.5. The third kappa shape index (κ3) is 5.73. The van der Waals surface area contributed by atoms with Gasteiger partial charge in [0.05, 0.1) is 11.9 Å². The Kier molecular flexibility index (Phi) is 6.85. The molecule has 1 heterocycles. The number of carbonyl (C=O) groups excluding carboxylic acids is 1. The third-order valence-electron chi connectivity index (χ3n) is 4.99. The minimum Gasteiger partial charge on any atom is -0.372 e. The van der Waals surface area contributed by atoms with Crippen molar-refractivity contribution in [3.05, 3.63) is 52.5 Å². The van der Waals surface area contributed by atoms with Crippen molar-refractivity contribution >= 4 is 48.9 Å². The van der Waals surface area contributed by atoms with E-state index in [1.165, 1.54) is 19.3 Å². The first-order valence-electron chi connectivity index (χ1n) is 9.63. The minimum absolute atomic E-state index is 0.284. The summed E-state index contributed by atoms with van der Waals surface area (Å²) < 4.78 is 26.5. The van der Waals surface area contributed by atoms with Crippen molar-refractivity contribution in [2.75, 3.05) is 40.4 Å². The summed E-state index contributed by atoms with van der Waals surface area (Å²) in [5.74, 6) is -0.387. The molecular weight excluding hydrogens is 454 g/mol. The Labute approximate surface area is 181 Å². The highest BCUT2D eigenvalue weighted by Gasteiger charge is 2.21. The predicted octanol–water partition coefficient (Wildman–Crippen LogP) is 4.15. The van der Waals surface area contributed by atoms with Gasteiger partial charge in [0.2, 0.25) is 15.9 Å². The molecule has 156 valence electrons. The second-order valence-corrected chi connectivity index (χ2v) is 10.1. The number of anilines is 3. The molecule has 1 saturated heterocycles. The SMILES string of the molecule is Cc1cc(N(CC(=O)Nc2ccc(N3CCCCC3)cc2)S(C)(=O)=O)ccc1Br. The second kappa shape index (κ2) is 9.17. The molecule has 0 spiro atoms. The fourth-order valence-electron chi connectivity index (χ4n) is 3.42.